The van der Waals surface area contributed by atoms with Crippen LogP contribution in [-0.4, -0.2) is 42.0 Å². The van der Waals surface area contributed by atoms with Crippen LogP contribution in [0.5, 0.6) is 0 Å². The Labute approximate surface area is 127 Å². The Morgan fingerprint density at radius 1 is 1.38 bits per heavy atom. The Bertz CT molecular complexity index is 661. The van der Waals surface area contributed by atoms with Gasteiger partial charge in [-0.3, -0.25) is 15.1 Å². The number of nitrogens with one attached hydrogen (secondary N) is 1. The first-order valence-corrected chi connectivity index (χ1v) is 6.98. The number of hydrogen-bond donors (Lipinski definition) is 1. The molecule has 0 radical (unpaired) electrons. The van der Waals surface area contributed by atoms with E-state index in [0.717, 1.165) is 25.2 Å². The molecule has 0 atom stereocenters. The summed E-state index contributed by atoms with van der Waals surface area (Å²) in [6.45, 7) is 1.73. The van der Waals surface area contributed by atoms with E-state index in [-0.39, 0.29) is 5.69 Å². The Balaban J connectivity index is 2.32. The van der Waals surface area contributed by atoms with Gasteiger partial charge in [0.25, 0.3) is 5.69 Å². The lowest BCUT2D eigenvalue weighted by Crippen LogP contribution is -2.16. The molecule has 1 aromatic heterocycles. The summed E-state index contributed by atoms with van der Waals surface area (Å²) < 4.78 is 0. The number of pyridine rings is 1. The molecule has 0 bridgehead atoms. The van der Waals surface area contributed by atoms with Crippen molar-refractivity contribution >= 4 is 33.9 Å². The van der Waals surface area contributed by atoms with Gasteiger partial charge in [0, 0.05) is 18.8 Å². The van der Waals surface area contributed by atoms with Gasteiger partial charge < -0.3 is 10.2 Å². The van der Waals surface area contributed by atoms with Crippen LogP contribution >= 0.6 is 11.6 Å². The lowest BCUT2D eigenvalue weighted by atomic mass is 10.1. The Kier molecular flexibility index (Phi) is 4.93. The first-order valence-electron chi connectivity index (χ1n) is 6.61. The molecule has 112 valence electrons. The number of halogens is 1. The molecule has 0 aliphatic rings. The van der Waals surface area contributed by atoms with Gasteiger partial charge in [-0.25, -0.2) is 0 Å². The summed E-state index contributed by atoms with van der Waals surface area (Å²) in [6.07, 6.45) is 2.52. The van der Waals surface area contributed by atoms with Gasteiger partial charge in [0.1, 0.15) is 5.52 Å². The number of nitro benzene ring substituents is 1. The van der Waals surface area contributed by atoms with Crippen molar-refractivity contribution in [1.82, 2.24) is 9.88 Å². The van der Waals surface area contributed by atoms with Crippen molar-refractivity contribution in [2.75, 3.05) is 32.5 Å². The molecule has 0 amide bonds. The molecule has 0 spiro atoms. The zero-order valence-corrected chi connectivity index (χ0v) is 12.7. The average Bonchev–Trinajstić information content (AvgIpc) is 2.43. The molecule has 0 aliphatic carbocycles. The van der Waals surface area contributed by atoms with Gasteiger partial charge >= 0.3 is 0 Å². The summed E-state index contributed by atoms with van der Waals surface area (Å²) in [5.74, 6) is 0. The molecule has 21 heavy (non-hydrogen) atoms. The number of benzene rings is 1. The molecule has 0 saturated carbocycles. The minimum absolute atomic E-state index is 0.0260. The summed E-state index contributed by atoms with van der Waals surface area (Å²) in [7, 11) is 4.03. The van der Waals surface area contributed by atoms with Crippen molar-refractivity contribution < 1.29 is 4.92 Å². The fraction of sp³-hybridized carbons (Fsp3) is 0.357. The molecule has 0 saturated heterocycles. The fourth-order valence-corrected chi connectivity index (χ4v) is 2.37. The maximum Gasteiger partial charge on any atom is 0.280 e. The molecule has 2 rings (SSSR count). The second kappa shape index (κ2) is 6.69. The summed E-state index contributed by atoms with van der Waals surface area (Å²) >= 11 is 6.10. The van der Waals surface area contributed by atoms with Gasteiger partial charge in [0.2, 0.25) is 0 Å². The fourth-order valence-electron chi connectivity index (χ4n) is 2.12. The van der Waals surface area contributed by atoms with Crippen LogP contribution < -0.4 is 5.32 Å². The predicted octanol–water partition coefficient (Wildman–Crippen LogP) is 3.16. The number of non-ortho nitro benzene ring substituents is 1. The van der Waals surface area contributed by atoms with Crippen molar-refractivity contribution in [2.45, 2.75) is 6.42 Å². The first kappa shape index (κ1) is 15.5. The van der Waals surface area contributed by atoms with Gasteiger partial charge in [0.05, 0.1) is 21.0 Å². The molecule has 1 heterocycles. The Hall–Kier alpha value is -1.92. The van der Waals surface area contributed by atoms with Crippen molar-refractivity contribution in [3.63, 3.8) is 0 Å². The lowest BCUT2D eigenvalue weighted by molar-refractivity contribution is -0.383. The van der Waals surface area contributed by atoms with Crippen LogP contribution in [0, 0.1) is 10.1 Å². The summed E-state index contributed by atoms with van der Waals surface area (Å²) in [5.41, 5.74) is 1.26. The Morgan fingerprint density at radius 3 is 2.81 bits per heavy atom. The highest BCUT2D eigenvalue weighted by atomic mass is 35.5. The summed E-state index contributed by atoms with van der Waals surface area (Å²) in [5, 5.41) is 15.1. The molecular weight excluding hydrogens is 292 g/mol. The number of anilines is 1. The minimum Gasteiger partial charge on any atom is -0.383 e. The molecule has 1 aromatic carbocycles. The standard InChI is InChI=1S/C14H17ClN4O2/c1-18(2)9-3-7-16-11-4-5-12(19(20)21)13-10(15)6-8-17-14(11)13/h4-6,8,16H,3,7,9H2,1-2H3. The SMILES string of the molecule is CN(C)CCCNc1ccc([N+](=O)[O-])c2c(Cl)ccnc12. The number of aromatic nitrogens is 1. The van der Waals surface area contributed by atoms with Gasteiger partial charge in [-0.05, 0) is 39.2 Å². The predicted molar refractivity (Wildman–Crippen MR) is 85.1 cm³/mol. The van der Waals surface area contributed by atoms with Crippen molar-refractivity contribution in [3.8, 4) is 0 Å². The number of fused-ring (bicyclic) bond motifs is 1. The van der Waals surface area contributed by atoms with Crippen molar-refractivity contribution in [2.24, 2.45) is 0 Å². The molecule has 0 unspecified atom stereocenters. The molecule has 0 fully saturated rings. The maximum absolute atomic E-state index is 11.1. The third kappa shape index (κ3) is 3.59. The maximum atomic E-state index is 11.1. The van der Waals surface area contributed by atoms with Crippen LogP contribution in [0.4, 0.5) is 11.4 Å². The molecule has 1 N–H and O–H groups in total. The normalized spacial score (nSPS) is 11.0. The van der Waals surface area contributed by atoms with E-state index in [1.165, 1.54) is 6.07 Å². The van der Waals surface area contributed by atoms with Crippen LogP contribution in [0.2, 0.25) is 5.02 Å². The van der Waals surface area contributed by atoms with E-state index in [9.17, 15) is 10.1 Å². The smallest absolute Gasteiger partial charge is 0.280 e. The van der Waals surface area contributed by atoms with Gasteiger partial charge in [-0.2, -0.15) is 0 Å². The minimum atomic E-state index is -0.439. The number of nitro groups is 1. The lowest BCUT2D eigenvalue weighted by Gasteiger charge is -2.12. The highest BCUT2D eigenvalue weighted by Gasteiger charge is 2.17. The number of rotatable bonds is 6. The second-order valence-electron chi connectivity index (χ2n) is 4.99. The molecule has 6 nitrogen and oxygen atoms in total. The molecule has 0 aliphatic heterocycles. The topological polar surface area (TPSA) is 71.3 Å². The third-order valence-corrected chi connectivity index (χ3v) is 3.43. The van der Waals surface area contributed by atoms with Crippen LogP contribution in [0.15, 0.2) is 24.4 Å². The van der Waals surface area contributed by atoms with E-state index in [4.69, 9.17) is 11.6 Å². The highest BCUT2D eigenvalue weighted by molar-refractivity contribution is 6.36. The second-order valence-corrected chi connectivity index (χ2v) is 5.40. The highest BCUT2D eigenvalue weighted by Crippen LogP contribution is 2.34. The van der Waals surface area contributed by atoms with Crippen molar-refractivity contribution in [3.05, 3.63) is 39.5 Å². The largest absolute Gasteiger partial charge is 0.383 e. The third-order valence-electron chi connectivity index (χ3n) is 3.11. The van der Waals surface area contributed by atoms with E-state index in [0.29, 0.717) is 15.9 Å². The van der Waals surface area contributed by atoms with Crippen LogP contribution in [-0.2, 0) is 0 Å². The van der Waals surface area contributed by atoms with E-state index in [1.54, 1.807) is 18.3 Å². The summed E-state index contributed by atoms with van der Waals surface area (Å²) in [6, 6.07) is 4.70. The van der Waals surface area contributed by atoms with Gasteiger partial charge in [-0.1, -0.05) is 11.6 Å². The number of hydrogen-bond acceptors (Lipinski definition) is 5. The molecule has 2 aromatic rings. The van der Waals surface area contributed by atoms with Crippen LogP contribution in [0.1, 0.15) is 6.42 Å². The monoisotopic (exact) mass is 308 g/mol. The van der Waals surface area contributed by atoms with E-state index >= 15 is 0 Å². The van der Waals surface area contributed by atoms with Crippen molar-refractivity contribution in [1.29, 1.82) is 0 Å². The Morgan fingerprint density at radius 2 is 2.14 bits per heavy atom. The number of nitrogens with zero attached hydrogens (tertiary/aromatic N) is 3. The quantitative estimate of drug-likeness (QED) is 0.504. The van der Waals surface area contributed by atoms with E-state index in [2.05, 4.69) is 15.2 Å². The first-order chi connectivity index (χ1) is 10.0. The van der Waals surface area contributed by atoms with Crippen LogP contribution in [0.3, 0.4) is 0 Å². The summed E-state index contributed by atoms with van der Waals surface area (Å²) in [4.78, 5) is 17.0. The zero-order chi connectivity index (χ0) is 15.4. The zero-order valence-electron chi connectivity index (χ0n) is 12.0. The van der Waals surface area contributed by atoms with Gasteiger partial charge in [0.15, 0.2) is 0 Å². The molecular formula is C14H17ClN4O2. The molecule has 7 heteroatoms. The van der Waals surface area contributed by atoms with E-state index in [1.807, 2.05) is 14.1 Å². The average molecular weight is 309 g/mol. The van der Waals surface area contributed by atoms with Crippen LogP contribution in [0.25, 0.3) is 10.9 Å². The van der Waals surface area contributed by atoms with E-state index < -0.39 is 4.92 Å². The van der Waals surface area contributed by atoms with Gasteiger partial charge in [-0.15, -0.1) is 0 Å².